The number of aliphatic imine (C=N–C) groups is 1. The maximum atomic E-state index is 13.4. The number of aromatic nitrogens is 2. The number of anilines is 1. The number of nitrogens with one attached hydrogen (secondary N) is 2. The van der Waals surface area contributed by atoms with E-state index in [0.29, 0.717) is 49.7 Å². The first-order chi connectivity index (χ1) is 22.2. The number of aliphatic carboxylic acids is 2. The van der Waals surface area contributed by atoms with Crippen molar-refractivity contribution in [1.29, 1.82) is 5.41 Å². The van der Waals surface area contributed by atoms with Crippen LogP contribution in [0.15, 0.2) is 33.3 Å². The predicted molar refractivity (Wildman–Crippen MR) is 169 cm³/mol. The Morgan fingerprint density at radius 2 is 2.06 bits per heavy atom. The number of hydrogen-bond donors (Lipinski definition) is 7. The minimum Gasteiger partial charge on any atom is -0.478 e. The van der Waals surface area contributed by atoms with Gasteiger partial charge in [0.15, 0.2) is 16.9 Å². The summed E-state index contributed by atoms with van der Waals surface area (Å²) < 4.78 is 3.94. The van der Waals surface area contributed by atoms with Crippen molar-refractivity contribution in [2.45, 2.75) is 37.3 Å². The quantitative estimate of drug-likeness (QED) is 0.0498. The number of amidine groups is 1. The van der Waals surface area contributed by atoms with E-state index in [2.05, 4.69) is 24.8 Å². The van der Waals surface area contributed by atoms with Crippen molar-refractivity contribution >= 4 is 69.7 Å². The molecule has 47 heavy (non-hydrogen) atoms. The Bertz CT molecular complexity index is 1640. The summed E-state index contributed by atoms with van der Waals surface area (Å²) in [5.41, 5.74) is 15.7. The summed E-state index contributed by atoms with van der Waals surface area (Å²) in [6, 6.07) is -1.14. The van der Waals surface area contributed by atoms with Crippen LogP contribution in [0, 0.1) is 5.41 Å². The van der Waals surface area contributed by atoms with Crippen LogP contribution in [0.4, 0.5) is 5.13 Å². The van der Waals surface area contributed by atoms with Crippen molar-refractivity contribution in [3.8, 4) is 0 Å². The van der Waals surface area contributed by atoms with Crippen LogP contribution in [-0.2, 0) is 24.0 Å². The summed E-state index contributed by atoms with van der Waals surface area (Å²) in [5, 5.41) is 36.8. The van der Waals surface area contributed by atoms with Gasteiger partial charge in [-0.25, -0.2) is 9.59 Å². The van der Waals surface area contributed by atoms with Crippen molar-refractivity contribution in [2.75, 3.05) is 44.2 Å². The number of rotatable bonds is 13. The second kappa shape index (κ2) is 13.0. The number of nitrogen functional groups attached to an aromatic ring is 1. The van der Waals surface area contributed by atoms with Crippen LogP contribution in [0.3, 0.4) is 0 Å². The summed E-state index contributed by atoms with van der Waals surface area (Å²) in [6.07, 6.45) is 2.33. The normalized spacial score (nSPS) is 20.7. The summed E-state index contributed by atoms with van der Waals surface area (Å²) in [4.78, 5) is 67.0. The molecule has 5 rings (SSSR count). The third-order valence-electron chi connectivity index (χ3n) is 7.43. The van der Waals surface area contributed by atoms with Crippen molar-refractivity contribution in [3.05, 3.63) is 29.0 Å². The molecular formula is C25H33N13O7S2. The van der Waals surface area contributed by atoms with Crippen molar-refractivity contribution in [2.24, 2.45) is 21.6 Å². The summed E-state index contributed by atoms with van der Waals surface area (Å²) >= 11 is 2.02. The molecule has 0 spiro atoms. The molecule has 0 bridgehead atoms. The topological polar surface area (TPSA) is 295 Å². The monoisotopic (exact) mass is 691 g/mol. The van der Waals surface area contributed by atoms with E-state index in [1.807, 2.05) is 5.01 Å². The number of carboxylic acids is 2. The van der Waals surface area contributed by atoms with Crippen molar-refractivity contribution in [1.82, 2.24) is 34.5 Å². The SMILES string of the molecule is CC(C)(ON=C(C(=O)NC1C(=O)N2C(C(=O)O)=C(CN3C=C(N(CCCN)C(=N)N)C4=NCCN43)CSC12)c1nsc(N)n1)C(=O)O. The number of guanidine groups is 1. The molecule has 2 unspecified atom stereocenters. The number of oxime groups is 1. The molecule has 2 amide bonds. The number of carbonyl (C=O) groups is 4. The van der Waals surface area contributed by atoms with Gasteiger partial charge in [0.1, 0.15) is 22.8 Å². The lowest BCUT2D eigenvalue weighted by molar-refractivity contribution is -0.161. The number of carbonyl (C=O) groups excluding carboxylic acids is 2. The van der Waals surface area contributed by atoms with Gasteiger partial charge < -0.3 is 42.5 Å². The Morgan fingerprint density at radius 3 is 2.68 bits per heavy atom. The zero-order valence-electron chi connectivity index (χ0n) is 25.2. The van der Waals surface area contributed by atoms with E-state index in [9.17, 15) is 29.4 Å². The fourth-order valence-electron chi connectivity index (χ4n) is 5.04. The lowest BCUT2D eigenvalue weighted by Gasteiger charge is -2.49. The fourth-order valence-corrected chi connectivity index (χ4v) is 6.81. The lowest BCUT2D eigenvalue weighted by atomic mass is 10.0. The van der Waals surface area contributed by atoms with E-state index in [0.717, 1.165) is 16.4 Å². The van der Waals surface area contributed by atoms with Gasteiger partial charge in [-0.2, -0.15) is 9.36 Å². The molecule has 0 aromatic carbocycles. The molecule has 1 aromatic rings. The molecular weight excluding hydrogens is 658 g/mol. The third-order valence-corrected chi connectivity index (χ3v) is 9.32. The Balaban J connectivity index is 1.36. The molecule has 22 heteroatoms. The number of carboxylic acid groups (broad SMARTS) is 2. The average Bonchev–Trinajstić information content (AvgIpc) is 3.74. The van der Waals surface area contributed by atoms with Gasteiger partial charge in [0.05, 0.1) is 19.6 Å². The zero-order valence-corrected chi connectivity index (χ0v) is 26.9. The van der Waals surface area contributed by atoms with E-state index in [1.165, 1.54) is 25.6 Å². The number of hydrogen-bond acceptors (Lipinski definition) is 16. The first kappa shape index (κ1) is 33.4. The van der Waals surface area contributed by atoms with Crippen LogP contribution in [-0.4, -0.2) is 136 Å². The molecule has 0 saturated carbocycles. The highest BCUT2D eigenvalue weighted by molar-refractivity contribution is 8.00. The van der Waals surface area contributed by atoms with Crippen LogP contribution in [0.25, 0.3) is 0 Å². The number of nitrogens with zero attached hydrogens (tertiary/aromatic N) is 8. The molecule has 252 valence electrons. The standard InChI is InChI=1S/C25H33N13O7S2/c1-25(2,22(43)44)45-33-13(16-32-24(29)47-34-16)18(39)31-14-19(40)38-15(21(41)42)11(10-46-20(14)38)8-35-9-12(17-30-5-7-37(17)35)36(23(27)28)6-3-4-26/h9,14,20H,3-8,10,26H2,1-2H3,(H3,27,28)(H,31,39)(H,41,42)(H,43,44)(H2,29,32,34). The second-order valence-electron chi connectivity index (χ2n) is 11.0. The summed E-state index contributed by atoms with van der Waals surface area (Å²) in [5.74, 6) is -3.90. The number of amides is 2. The highest BCUT2D eigenvalue weighted by Crippen LogP contribution is 2.41. The van der Waals surface area contributed by atoms with E-state index in [4.69, 9.17) is 27.4 Å². The number of thioether (sulfide) groups is 1. The molecule has 20 nitrogen and oxygen atoms in total. The summed E-state index contributed by atoms with van der Waals surface area (Å²) in [7, 11) is 0. The minimum atomic E-state index is -1.81. The van der Waals surface area contributed by atoms with Crippen molar-refractivity contribution < 1.29 is 34.2 Å². The molecule has 1 fully saturated rings. The van der Waals surface area contributed by atoms with Gasteiger partial charge in [-0.15, -0.1) is 11.8 Å². The maximum absolute atomic E-state index is 13.4. The Morgan fingerprint density at radius 1 is 1.32 bits per heavy atom. The molecule has 0 aliphatic carbocycles. The van der Waals surface area contributed by atoms with Crippen LogP contribution < -0.4 is 22.5 Å². The first-order valence-corrected chi connectivity index (χ1v) is 16.0. The average molecular weight is 692 g/mol. The summed E-state index contributed by atoms with van der Waals surface area (Å²) in [6.45, 7) is 4.36. The zero-order chi connectivity index (χ0) is 34.2. The van der Waals surface area contributed by atoms with Crippen LogP contribution >= 0.6 is 23.3 Å². The Labute approximate surface area is 275 Å². The molecule has 10 N–H and O–H groups in total. The van der Waals surface area contributed by atoms with Gasteiger partial charge in [-0.3, -0.25) is 34.9 Å². The van der Waals surface area contributed by atoms with Gasteiger partial charge in [-0.1, -0.05) is 5.16 Å². The predicted octanol–water partition coefficient (Wildman–Crippen LogP) is -2.23. The van der Waals surface area contributed by atoms with Gasteiger partial charge in [0.2, 0.25) is 17.1 Å². The number of hydrazine groups is 1. The van der Waals surface area contributed by atoms with E-state index in [-0.39, 0.29) is 34.9 Å². The highest BCUT2D eigenvalue weighted by atomic mass is 32.2. The molecule has 0 radical (unpaired) electrons. The van der Waals surface area contributed by atoms with E-state index in [1.54, 1.807) is 16.1 Å². The van der Waals surface area contributed by atoms with Crippen LogP contribution in [0.2, 0.25) is 0 Å². The van der Waals surface area contributed by atoms with E-state index < -0.39 is 46.5 Å². The molecule has 1 aromatic heterocycles. The molecule has 2 atom stereocenters. The van der Waals surface area contributed by atoms with Gasteiger partial charge >= 0.3 is 11.9 Å². The largest absolute Gasteiger partial charge is 0.478 e. The van der Waals surface area contributed by atoms with Gasteiger partial charge in [0.25, 0.3) is 11.8 Å². The second-order valence-corrected chi connectivity index (χ2v) is 12.9. The Kier molecular flexibility index (Phi) is 9.27. The number of fused-ring (bicyclic) bond motifs is 2. The van der Waals surface area contributed by atoms with Crippen LogP contribution in [0.1, 0.15) is 26.1 Å². The molecule has 4 aliphatic heterocycles. The first-order valence-electron chi connectivity index (χ1n) is 14.2. The van der Waals surface area contributed by atoms with Gasteiger partial charge in [0, 0.05) is 30.0 Å². The number of β-lactam (4-membered cyclic amide) rings is 1. The lowest BCUT2D eigenvalue weighted by Crippen LogP contribution is -2.71. The third kappa shape index (κ3) is 6.38. The molecule has 1 saturated heterocycles. The molecule has 4 aliphatic rings. The maximum Gasteiger partial charge on any atom is 0.352 e. The van der Waals surface area contributed by atoms with Gasteiger partial charge in [-0.05, 0) is 32.4 Å². The van der Waals surface area contributed by atoms with Crippen LogP contribution in [0.5, 0.6) is 0 Å². The highest BCUT2D eigenvalue weighted by Gasteiger charge is 2.55. The molecule has 5 heterocycles. The number of nitrogens with two attached hydrogens (primary N) is 3. The minimum absolute atomic E-state index is 0.00680. The Hall–Kier alpha value is -4.96. The smallest absolute Gasteiger partial charge is 0.352 e. The fraction of sp³-hybridized carbons (Fsp3) is 0.480. The van der Waals surface area contributed by atoms with Crippen molar-refractivity contribution in [3.63, 3.8) is 0 Å². The van der Waals surface area contributed by atoms with E-state index >= 15 is 0 Å².